The van der Waals surface area contributed by atoms with E-state index in [4.69, 9.17) is 5.11 Å². The fourth-order valence-electron chi connectivity index (χ4n) is 2.30. The number of carbonyl (C=O) groups is 1. The molecule has 0 atom stereocenters. The molecule has 20 heavy (non-hydrogen) atoms. The number of thioether (sulfide) groups is 1. The van der Waals surface area contributed by atoms with Gasteiger partial charge in [0.15, 0.2) is 11.0 Å². The molecule has 0 radical (unpaired) electrons. The van der Waals surface area contributed by atoms with E-state index in [0.717, 1.165) is 30.1 Å². The number of benzene rings is 1. The Morgan fingerprint density at radius 3 is 2.75 bits per heavy atom. The molecule has 1 heterocycles. The molecule has 1 aromatic carbocycles. The number of imidazole rings is 1. The van der Waals surface area contributed by atoms with Crippen molar-refractivity contribution in [3.8, 4) is 0 Å². The molecule has 2 rings (SSSR count). The number of nitrogens with zero attached hydrogens (tertiary/aromatic N) is 2. The number of carboxylic acid groups (broad SMARTS) is 1. The lowest BCUT2D eigenvalue weighted by atomic mass is 10.1. The maximum absolute atomic E-state index is 13.8. The van der Waals surface area contributed by atoms with Crippen molar-refractivity contribution in [3.05, 3.63) is 24.0 Å². The summed E-state index contributed by atoms with van der Waals surface area (Å²) in [5, 5.41) is 9.39. The van der Waals surface area contributed by atoms with Crippen molar-refractivity contribution in [2.75, 3.05) is 5.75 Å². The Balaban J connectivity index is 2.56. The predicted octanol–water partition coefficient (Wildman–Crippen LogP) is 3.71. The van der Waals surface area contributed by atoms with Gasteiger partial charge < -0.3 is 9.67 Å². The summed E-state index contributed by atoms with van der Waals surface area (Å²) in [6.45, 7) is 4.12. The van der Waals surface area contributed by atoms with Gasteiger partial charge in [0, 0.05) is 6.04 Å². The summed E-state index contributed by atoms with van der Waals surface area (Å²) in [4.78, 5) is 15.0. The second kappa shape index (κ2) is 6.26. The summed E-state index contributed by atoms with van der Waals surface area (Å²) < 4.78 is 15.8. The lowest BCUT2D eigenvalue weighted by Gasteiger charge is -2.18. The fraction of sp³-hybridized carbons (Fsp3) is 0.429. The van der Waals surface area contributed by atoms with Crippen LogP contribution in [0.5, 0.6) is 0 Å². The third-order valence-electron chi connectivity index (χ3n) is 3.27. The average Bonchev–Trinajstić information content (AvgIpc) is 2.79. The fourth-order valence-corrected chi connectivity index (χ4v) is 3.09. The highest BCUT2D eigenvalue weighted by Gasteiger charge is 2.19. The molecular weight excluding hydrogens is 279 g/mol. The van der Waals surface area contributed by atoms with E-state index < -0.39 is 5.97 Å². The predicted molar refractivity (Wildman–Crippen MR) is 77.7 cm³/mol. The van der Waals surface area contributed by atoms with Gasteiger partial charge in [0.05, 0.1) is 11.3 Å². The standard InChI is InChI=1S/C14H17FN2O2S/c1-3-9(4-2)17-11-7-5-6-10(15)13(11)16-14(17)20-8-12(18)19/h5-7,9H,3-4,8H2,1-2H3,(H,18,19). The highest BCUT2D eigenvalue weighted by atomic mass is 32.2. The molecule has 0 amide bonds. The van der Waals surface area contributed by atoms with E-state index in [1.807, 2.05) is 10.6 Å². The molecule has 0 bridgehead atoms. The maximum Gasteiger partial charge on any atom is 0.313 e. The van der Waals surface area contributed by atoms with Gasteiger partial charge in [0.1, 0.15) is 5.52 Å². The summed E-state index contributed by atoms with van der Waals surface area (Å²) in [7, 11) is 0. The molecule has 2 aromatic rings. The molecule has 1 N–H and O–H groups in total. The highest BCUT2D eigenvalue weighted by Crippen LogP contribution is 2.31. The number of fused-ring (bicyclic) bond motifs is 1. The normalized spacial score (nSPS) is 11.4. The number of hydrogen-bond donors (Lipinski definition) is 1. The smallest absolute Gasteiger partial charge is 0.313 e. The molecule has 0 spiro atoms. The number of halogens is 1. The Labute approximate surface area is 121 Å². The highest BCUT2D eigenvalue weighted by molar-refractivity contribution is 7.99. The summed E-state index contributed by atoms with van der Waals surface area (Å²) >= 11 is 1.13. The number of aromatic nitrogens is 2. The third kappa shape index (κ3) is 2.80. The van der Waals surface area contributed by atoms with Gasteiger partial charge in [-0.05, 0) is 25.0 Å². The van der Waals surface area contributed by atoms with Crippen LogP contribution in [0.25, 0.3) is 11.0 Å². The minimum atomic E-state index is -0.904. The van der Waals surface area contributed by atoms with Gasteiger partial charge >= 0.3 is 5.97 Å². The monoisotopic (exact) mass is 296 g/mol. The Bertz CT molecular complexity index is 623. The molecule has 4 nitrogen and oxygen atoms in total. The summed E-state index contributed by atoms with van der Waals surface area (Å²) in [6.07, 6.45) is 1.78. The van der Waals surface area contributed by atoms with Gasteiger partial charge in [-0.2, -0.15) is 0 Å². The molecule has 0 aliphatic rings. The average molecular weight is 296 g/mol. The van der Waals surface area contributed by atoms with Crippen molar-refractivity contribution in [3.63, 3.8) is 0 Å². The first-order valence-electron chi connectivity index (χ1n) is 6.59. The van der Waals surface area contributed by atoms with Crippen LogP contribution in [-0.4, -0.2) is 26.4 Å². The number of hydrogen-bond acceptors (Lipinski definition) is 3. The van der Waals surface area contributed by atoms with E-state index in [0.29, 0.717) is 10.7 Å². The summed E-state index contributed by atoms with van der Waals surface area (Å²) in [5.74, 6) is -1.35. The van der Waals surface area contributed by atoms with E-state index in [1.54, 1.807) is 6.07 Å². The SMILES string of the molecule is CCC(CC)n1c(SCC(=O)O)nc2c(F)cccc21. The zero-order chi connectivity index (χ0) is 14.7. The zero-order valence-electron chi connectivity index (χ0n) is 11.5. The molecule has 0 saturated carbocycles. The van der Waals surface area contributed by atoms with Crippen LogP contribution >= 0.6 is 11.8 Å². The van der Waals surface area contributed by atoms with Crippen LogP contribution in [-0.2, 0) is 4.79 Å². The van der Waals surface area contributed by atoms with Crippen LogP contribution < -0.4 is 0 Å². The van der Waals surface area contributed by atoms with Crippen LogP contribution in [0.4, 0.5) is 4.39 Å². The van der Waals surface area contributed by atoms with Crippen molar-refractivity contribution in [2.45, 2.75) is 37.9 Å². The van der Waals surface area contributed by atoms with Gasteiger partial charge in [0.25, 0.3) is 0 Å². The first kappa shape index (κ1) is 14.8. The Kier molecular flexibility index (Phi) is 4.65. The first-order chi connectivity index (χ1) is 9.58. The number of aliphatic carboxylic acids is 1. The van der Waals surface area contributed by atoms with Crippen LogP contribution in [0.2, 0.25) is 0 Å². The van der Waals surface area contributed by atoms with Crippen molar-refractivity contribution in [1.82, 2.24) is 9.55 Å². The van der Waals surface area contributed by atoms with E-state index in [2.05, 4.69) is 18.8 Å². The second-order valence-electron chi connectivity index (χ2n) is 4.52. The minimum Gasteiger partial charge on any atom is -0.481 e. The largest absolute Gasteiger partial charge is 0.481 e. The molecule has 0 fully saturated rings. The maximum atomic E-state index is 13.8. The van der Waals surface area contributed by atoms with E-state index in [9.17, 15) is 9.18 Å². The van der Waals surface area contributed by atoms with Gasteiger partial charge in [-0.15, -0.1) is 0 Å². The van der Waals surface area contributed by atoms with Crippen molar-refractivity contribution in [1.29, 1.82) is 0 Å². The van der Waals surface area contributed by atoms with Crippen molar-refractivity contribution in [2.24, 2.45) is 0 Å². The van der Waals surface area contributed by atoms with Crippen LogP contribution in [0.1, 0.15) is 32.7 Å². The van der Waals surface area contributed by atoms with E-state index in [1.165, 1.54) is 6.07 Å². The molecular formula is C14H17FN2O2S. The number of para-hydroxylation sites is 1. The van der Waals surface area contributed by atoms with Crippen molar-refractivity contribution < 1.29 is 14.3 Å². The molecule has 0 saturated heterocycles. The third-order valence-corrected chi connectivity index (χ3v) is 4.21. The molecule has 0 unspecified atom stereocenters. The zero-order valence-corrected chi connectivity index (χ0v) is 12.3. The minimum absolute atomic E-state index is 0.0783. The van der Waals surface area contributed by atoms with Crippen LogP contribution in [0.15, 0.2) is 23.4 Å². The molecule has 0 aliphatic carbocycles. The molecule has 108 valence electrons. The van der Waals surface area contributed by atoms with Gasteiger partial charge in [-0.1, -0.05) is 31.7 Å². The number of carboxylic acids is 1. The Morgan fingerprint density at radius 1 is 1.45 bits per heavy atom. The van der Waals surface area contributed by atoms with Gasteiger partial charge in [-0.25, -0.2) is 9.37 Å². The Morgan fingerprint density at radius 2 is 2.15 bits per heavy atom. The number of rotatable bonds is 6. The van der Waals surface area contributed by atoms with Crippen LogP contribution in [0.3, 0.4) is 0 Å². The quantitative estimate of drug-likeness (QED) is 0.826. The molecule has 1 aromatic heterocycles. The summed E-state index contributed by atoms with van der Waals surface area (Å²) in [6, 6.07) is 5.05. The van der Waals surface area contributed by atoms with E-state index in [-0.39, 0.29) is 17.6 Å². The second-order valence-corrected chi connectivity index (χ2v) is 5.47. The van der Waals surface area contributed by atoms with Gasteiger partial charge in [-0.3, -0.25) is 4.79 Å². The van der Waals surface area contributed by atoms with Gasteiger partial charge in [0.2, 0.25) is 0 Å². The lowest BCUT2D eigenvalue weighted by molar-refractivity contribution is -0.133. The molecule has 0 aliphatic heterocycles. The Hall–Kier alpha value is -1.56. The molecule has 6 heteroatoms. The van der Waals surface area contributed by atoms with Crippen LogP contribution in [0, 0.1) is 5.82 Å². The topological polar surface area (TPSA) is 55.1 Å². The van der Waals surface area contributed by atoms with E-state index >= 15 is 0 Å². The summed E-state index contributed by atoms with van der Waals surface area (Å²) in [5.41, 5.74) is 1.04. The lowest BCUT2D eigenvalue weighted by Crippen LogP contribution is -2.09. The first-order valence-corrected chi connectivity index (χ1v) is 7.58. The van der Waals surface area contributed by atoms with Crippen molar-refractivity contribution >= 4 is 28.8 Å².